The molecular weight excluding hydrogens is 210 g/mol. The number of nitrogens with one attached hydrogen (secondary N) is 1. The van der Waals surface area contributed by atoms with Crippen molar-refractivity contribution < 1.29 is 4.74 Å². The van der Waals surface area contributed by atoms with E-state index in [4.69, 9.17) is 4.74 Å². The van der Waals surface area contributed by atoms with Gasteiger partial charge in [0.1, 0.15) is 0 Å². The molecule has 1 atom stereocenters. The maximum atomic E-state index is 5.25. The van der Waals surface area contributed by atoms with Crippen LogP contribution in [0.4, 0.5) is 5.69 Å². The Morgan fingerprint density at radius 3 is 2.41 bits per heavy atom. The molecule has 1 aliphatic heterocycles. The van der Waals surface area contributed by atoms with Crippen LogP contribution in [0.3, 0.4) is 0 Å². The first-order valence-electron chi connectivity index (χ1n) is 6.54. The minimum Gasteiger partial charge on any atom is -0.384 e. The molecule has 2 rings (SSSR count). The van der Waals surface area contributed by atoms with Crippen molar-refractivity contribution in [3.63, 3.8) is 0 Å². The van der Waals surface area contributed by atoms with Crippen molar-refractivity contribution in [3.05, 3.63) is 29.8 Å². The van der Waals surface area contributed by atoms with Gasteiger partial charge in [-0.15, -0.1) is 0 Å². The molecular formula is C15H23NO. The third-order valence-corrected chi connectivity index (χ3v) is 3.71. The second-order valence-corrected chi connectivity index (χ2v) is 5.59. The molecule has 2 heteroatoms. The first kappa shape index (κ1) is 12.4. The van der Waals surface area contributed by atoms with Crippen molar-refractivity contribution in [1.82, 2.24) is 0 Å². The van der Waals surface area contributed by atoms with Crippen molar-refractivity contribution in [2.45, 2.75) is 33.1 Å². The first-order valence-corrected chi connectivity index (χ1v) is 6.54. The van der Waals surface area contributed by atoms with Crippen molar-refractivity contribution >= 4 is 5.69 Å². The number of benzene rings is 1. The summed E-state index contributed by atoms with van der Waals surface area (Å²) in [6.07, 6.45) is 1.20. The minimum atomic E-state index is 0.329. The summed E-state index contributed by atoms with van der Waals surface area (Å²) < 4.78 is 5.25. The van der Waals surface area contributed by atoms with Gasteiger partial charge in [-0.05, 0) is 30.0 Å². The summed E-state index contributed by atoms with van der Waals surface area (Å²) in [4.78, 5) is 0. The van der Waals surface area contributed by atoms with Crippen molar-refractivity contribution in [2.24, 2.45) is 5.41 Å². The topological polar surface area (TPSA) is 21.3 Å². The molecule has 0 aliphatic carbocycles. The second-order valence-electron chi connectivity index (χ2n) is 5.59. The van der Waals surface area contributed by atoms with Gasteiger partial charge >= 0.3 is 0 Å². The highest BCUT2D eigenvalue weighted by Crippen LogP contribution is 2.27. The Labute approximate surface area is 104 Å². The summed E-state index contributed by atoms with van der Waals surface area (Å²) in [6, 6.07) is 8.83. The monoisotopic (exact) mass is 233 g/mol. The maximum absolute atomic E-state index is 5.25. The summed E-state index contributed by atoms with van der Waals surface area (Å²) >= 11 is 0. The number of ether oxygens (including phenoxy) is 1. The lowest BCUT2D eigenvalue weighted by Crippen LogP contribution is -2.45. The molecule has 94 valence electrons. The molecule has 0 spiro atoms. The normalized spacial score (nSPS) is 19.5. The molecule has 0 bridgehead atoms. The molecule has 0 amide bonds. The van der Waals surface area contributed by atoms with Crippen molar-refractivity contribution in [2.75, 3.05) is 25.1 Å². The van der Waals surface area contributed by atoms with Crippen LogP contribution in [0.2, 0.25) is 0 Å². The Bertz CT molecular complexity index is 354. The van der Waals surface area contributed by atoms with Crippen LogP contribution in [0.1, 0.15) is 38.7 Å². The molecule has 1 N–H and O–H groups in total. The number of hydrogen-bond acceptors (Lipinski definition) is 2. The van der Waals surface area contributed by atoms with Gasteiger partial charge in [0.25, 0.3) is 0 Å². The third kappa shape index (κ3) is 3.01. The van der Waals surface area contributed by atoms with E-state index in [1.165, 1.54) is 17.7 Å². The van der Waals surface area contributed by atoms with Crippen LogP contribution < -0.4 is 5.32 Å². The van der Waals surface area contributed by atoms with E-state index in [0.29, 0.717) is 11.3 Å². The van der Waals surface area contributed by atoms with E-state index in [1.54, 1.807) is 0 Å². The van der Waals surface area contributed by atoms with Gasteiger partial charge in [0.05, 0.1) is 13.2 Å². The zero-order chi connectivity index (χ0) is 12.3. The third-order valence-electron chi connectivity index (χ3n) is 3.71. The number of hydrogen-bond donors (Lipinski definition) is 1. The lowest BCUT2D eigenvalue weighted by atomic mass is 9.88. The fraction of sp³-hybridized carbons (Fsp3) is 0.600. The smallest absolute Gasteiger partial charge is 0.0559 e. The number of rotatable bonds is 5. The average Bonchev–Trinajstić information content (AvgIpc) is 2.33. The summed E-state index contributed by atoms with van der Waals surface area (Å²) in [5.41, 5.74) is 2.97. The van der Waals surface area contributed by atoms with Crippen LogP contribution >= 0.6 is 0 Å². The SMILES string of the molecule is CCC(C)c1ccc(NCC2(C)COC2)cc1. The van der Waals surface area contributed by atoms with E-state index in [-0.39, 0.29) is 0 Å². The minimum absolute atomic E-state index is 0.329. The van der Waals surface area contributed by atoms with E-state index in [1.807, 2.05) is 0 Å². The van der Waals surface area contributed by atoms with E-state index < -0.39 is 0 Å². The largest absolute Gasteiger partial charge is 0.384 e. The van der Waals surface area contributed by atoms with Crippen LogP contribution in [0.5, 0.6) is 0 Å². The molecule has 1 saturated heterocycles. The average molecular weight is 233 g/mol. The highest BCUT2D eigenvalue weighted by Gasteiger charge is 2.32. The summed E-state index contributed by atoms with van der Waals surface area (Å²) in [5.74, 6) is 0.654. The van der Waals surface area contributed by atoms with Crippen LogP contribution in [-0.2, 0) is 4.74 Å². The molecule has 2 nitrogen and oxygen atoms in total. The van der Waals surface area contributed by atoms with Gasteiger partial charge in [-0.25, -0.2) is 0 Å². The lowest BCUT2D eigenvalue weighted by molar-refractivity contribution is -0.0924. The molecule has 17 heavy (non-hydrogen) atoms. The summed E-state index contributed by atoms with van der Waals surface area (Å²) in [7, 11) is 0. The molecule has 1 aromatic carbocycles. The van der Waals surface area contributed by atoms with Gasteiger partial charge in [-0.3, -0.25) is 0 Å². The van der Waals surface area contributed by atoms with Crippen LogP contribution in [-0.4, -0.2) is 19.8 Å². The van der Waals surface area contributed by atoms with Gasteiger partial charge in [-0.2, -0.15) is 0 Å². The van der Waals surface area contributed by atoms with Gasteiger partial charge in [0, 0.05) is 17.6 Å². The molecule has 0 aromatic heterocycles. The standard InChI is InChI=1S/C15H23NO/c1-4-12(2)13-5-7-14(8-6-13)16-9-15(3)10-17-11-15/h5-8,12,16H,4,9-11H2,1-3H3. The van der Waals surface area contributed by atoms with Gasteiger partial charge < -0.3 is 10.1 Å². The van der Waals surface area contributed by atoms with Crippen molar-refractivity contribution in [3.8, 4) is 0 Å². The quantitative estimate of drug-likeness (QED) is 0.838. The Morgan fingerprint density at radius 1 is 1.29 bits per heavy atom. The van der Waals surface area contributed by atoms with E-state index in [0.717, 1.165) is 19.8 Å². The Kier molecular flexibility index (Phi) is 3.72. The van der Waals surface area contributed by atoms with Crippen molar-refractivity contribution in [1.29, 1.82) is 0 Å². The maximum Gasteiger partial charge on any atom is 0.0559 e. The fourth-order valence-electron chi connectivity index (χ4n) is 2.03. The molecule has 0 saturated carbocycles. The highest BCUT2D eigenvalue weighted by molar-refractivity contribution is 5.45. The summed E-state index contributed by atoms with van der Waals surface area (Å²) in [5, 5.41) is 3.49. The van der Waals surface area contributed by atoms with E-state index >= 15 is 0 Å². The van der Waals surface area contributed by atoms with Gasteiger partial charge in [0.2, 0.25) is 0 Å². The first-order chi connectivity index (χ1) is 8.13. The second kappa shape index (κ2) is 5.09. The predicted octanol–water partition coefficient (Wildman–Crippen LogP) is 3.65. The van der Waals surface area contributed by atoms with Crippen LogP contribution in [0.25, 0.3) is 0 Å². The molecule has 1 fully saturated rings. The zero-order valence-electron chi connectivity index (χ0n) is 11.1. The van der Waals surface area contributed by atoms with E-state index in [9.17, 15) is 0 Å². The molecule has 0 radical (unpaired) electrons. The number of anilines is 1. The van der Waals surface area contributed by atoms with Crippen LogP contribution in [0, 0.1) is 5.41 Å². The highest BCUT2D eigenvalue weighted by atomic mass is 16.5. The molecule has 1 aliphatic rings. The van der Waals surface area contributed by atoms with Gasteiger partial charge in [0.15, 0.2) is 0 Å². The zero-order valence-corrected chi connectivity index (χ0v) is 11.1. The Morgan fingerprint density at radius 2 is 1.94 bits per heavy atom. The predicted molar refractivity (Wildman–Crippen MR) is 72.6 cm³/mol. The summed E-state index contributed by atoms with van der Waals surface area (Å²) in [6.45, 7) is 9.52. The Hall–Kier alpha value is -1.02. The van der Waals surface area contributed by atoms with E-state index in [2.05, 4.69) is 50.4 Å². The van der Waals surface area contributed by atoms with Crippen LogP contribution in [0.15, 0.2) is 24.3 Å². The Balaban J connectivity index is 1.89. The van der Waals surface area contributed by atoms with Gasteiger partial charge in [-0.1, -0.05) is 32.9 Å². The molecule has 1 aromatic rings. The molecule has 1 heterocycles. The fourth-order valence-corrected chi connectivity index (χ4v) is 2.03. The lowest BCUT2D eigenvalue weighted by Gasteiger charge is -2.38. The molecule has 1 unspecified atom stereocenters.